The van der Waals surface area contributed by atoms with E-state index >= 15 is 0 Å². The summed E-state index contributed by atoms with van der Waals surface area (Å²) in [4.78, 5) is 22.8. The zero-order valence-electron chi connectivity index (χ0n) is 14.1. The molecule has 0 aliphatic carbocycles. The standard InChI is InChI=1S/C17H15BrClFN2O4/c1-17(2,3)14-8(16(21)23)4-5-12(15(14)22(24)25)26-13-7-11(20)9(18)6-10(13)19/h4-7H,1-3H3,(H2,21,23). The molecule has 0 unspecified atom stereocenters. The Balaban J connectivity index is 2.73. The molecule has 0 bridgehead atoms. The molecule has 138 valence electrons. The van der Waals surface area contributed by atoms with Crippen LogP contribution in [0.2, 0.25) is 5.02 Å². The van der Waals surface area contributed by atoms with Crippen molar-refractivity contribution in [2.45, 2.75) is 26.2 Å². The molecule has 2 aromatic carbocycles. The first-order chi connectivity index (χ1) is 11.9. The molecule has 2 aromatic rings. The molecule has 6 nitrogen and oxygen atoms in total. The molecule has 2 N–H and O–H groups in total. The molecule has 1 amide bonds. The lowest BCUT2D eigenvalue weighted by Gasteiger charge is -2.22. The van der Waals surface area contributed by atoms with E-state index in [2.05, 4.69) is 15.9 Å². The highest BCUT2D eigenvalue weighted by atomic mass is 79.9. The van der Waals surface area contributed by atoms with Crippen LogP contribution in [0.4, 0.5) is 10.1 Å². The largest absolute Gasteiger partial charge is 0.448 e. The second kappa shape index (κ2) is 7.20. The number of carbonyl (C=O) groups is 1. The van der Waals surface area contributed by atoms with Gasteiger partial charge in [0.15, 0.2) is 0 Å². The molecule has 0 aromatic heterocycles. The van der Waals surface area contributed by atoms with E-state index < -0.39 is 27.8 Å². The van der Waals surface area contributed by atoms with Gasteiger partial charge in [-0.05, 0) is 39.5 Å². The van der Waals surface area contributed by atoms with Crippen LogP contribution in [0.3, 0.4) is 0 Å². The minimum Gasteiger partial charge on any atom is -0.448 e. The maximum absolute atomic E-state index is 13.8. The van der Waals surface area contributed by atoms with Crippen molar-refractivity contribution in [2.24, 2.45) is 5.73 Å². The Kier molecular flexibility index (Phi) is 5.58. The lowest BCUT2D eigenvalue weighted by molar-refractivity contribution is -0.386. The minimum absolute atomic E-state index is 0.0182. The third kappa shape index (κ3) is 3.96. The van der Waals surface area contributed by atoms with E-state index in [9.17, 15) is 19.3 Å². The van der Waals surface area contributed by atoms with Gasteiger partial charge in [-0.25, -0.2) is 4.39 Å². The second-order valence-electron chi connectivity index (χ2n) is 6.51. The number of nitrogens with two attached hydrogens (primary N) is 1. The van der Waals surface area contributed by atoms with Gasteiger partial charge >= 0.3 is 5.69 Å². The molecule has 0 saturated carbocycles. The number of halogens is 3. The van der Waals surface area contributed by atoms with E-state index in [0.717, 1.165) is 6.07 Å². The lowest BCUT2D eigenvalue weighted by Crippen LogP contribution is -2.23. The quantitative estimate of drug-likeness (QED) is 0.390. The summed E-state index contributed by atoms with van der Waals surface area (Å²) in [6.07, 6.45) is 0. The van der Waals surface area contributed by atoms with Crippen LogP contribution >= 0.6 is 27.5 Å². The molecular formula is C17H15BrClFN2O4. The summed E-state index contributed by atoms with van der Waals surface area (Å²) < 4.78 is 19.4. The minimum atomic E-state index is -0.794. The number of ether oxygens (including phenoxy) is 1. The topological polar surface area (TPSA) is 95.5 Å². The first-order valence-corrected chi connectivity index (χ1v) is 8.54. The van der Waals surface area contributed by atoms with Gasteiger partial charge in [-0.15, -0.1) is 0 Å². The Morgan fingerprint density at radius 2 is 1.92 bits per heavy atom. The third-order valence-electron chi connectivity index (χ3n) is 3.53. The van der Waals surface area contributed by atoms with E-state index in [1.54, 1.807) is 20.8 Å². The number of primary amides is 1. The summed E-state index contributed by atoms with van der Waals surface area (Å²) in [5.74, 6) is -1.70. The van der Waals surface area contributed by atoms with Gasteiger partial charge in [0.2, 0.25) is 11.7 Å². The maximum Gasteiger partial charge on any atom is 0.316 e. The van der Waals surface area contributed by atoms with Gasteiger partial charge < -0.3 is 10.5 Å². The predicted octanol–water partition coefficient (Wildman–Crippen LogP) is 5.34. The molecule has 0 heterocycles. The second-order valence-corrected chi connectivity index (χ2v) is 7.77. The Labute approximate surface area is 162 Å². The zero-order chi connectivity index (χ0) is 19.8. The number of nitrogens with zero attached hydrogens (tertiary/aromatic N) is 1. The molecule has 0 saturated heterocycles. The number of benzene rings is 2. The first kappa shape index (κ1) is 20.1. The third-order valence-corrected chi connectivity index (χ3v) is 4.44. The van der Waals surface area contributed by atoms with Crippen LogP contribution in [-0.4, -0.2) is 10.8 Å². The van der Waals surface area contributed by atoms with Crippen LogP contribution in [0, 0.1) is 15.9 Å². The van der Waals surface area contributed by atoms with Gasteiger partial charge in [0, 0.05) is 11.6 Å². The van der Waals surface area contributed by atoms with Crippen LogP contribution in [0.15, 0.2) is 28.7 Å². The molecule has 0 spiro atoms. The molecule has 26 heavy (non-hydrogen) atoms. The number of amides is 1. The highest BCUT2D eigenvalue weighted by molar-refractivity contribution is 9.10. The van der Waals surface area contributed by atoms with Crippen LogP contribution in [-0.2, 0) is 5.41 Å². The molecule has 0 aliphatic heterocycles. The molecule has 2 rings (SSSR count). The summed E-state index contributed by atoms with van der Waals surface area (Å²) >= 11 is 9.02. The lowest BCUT2D eigenvalue weighted by atomic mass is 9.82. The van der Waals surface area contributed by atoms with E-state index in [-0.39, 0.29) is 32.1 Å². The predicted molar refractivity (Wildman–Crippen MR) is 99.5 cm³/mol. The van der Waals surface area contributed by atoms with Crippen LogP contribution in [0.25, 0.3) is 0 Å². The molecule has 0 radical (unpaired) electrons. The smallest absolute Gasteiger partial charge is 0.316 e. The molecule has 0 aliphatic rings. The van der Waals surface area contributed by atoms with Gasteiger partial charge in [0.25, 0.3) is 0 Å². The number of hydrogen-bond donors (Lipinski definition) is 1. The average molecular weight is 446 g/mol. The van der Waals surface area contributed by atoms with Gasteiger partial charge in [0.1, 0.15) is 11.6 Å². The number of rotatable bonds is 4. The highest BCUT2D eigenvalue weighted by Gasteiger charge is 2.34. The van der Waals surface area contributed by atoms with Crippen molar-refractivity contribution in [3.63, 3.8) is 0 Å². The van der Waals surface area contributed by atoms with E-state index in [4.69, 9.17) is 22.1 Å². The highest BCUT2D eigenvalue weighted by Crippen LogP contribution is 2.43. The fraction of sp³-hybridized carbons (Fsp3) is 0.235. The Morgan fingerprint density at radius 1 is 1.31 bits per heavy atom. The molecule has 9 heteroatoms. The number of nitro groups is 1. The van der Waals surface area contributed by atoms with Crippen LogP contribution in [0.5, 0.6) is 11.5 Å². The molecular weight excluding hydrogens is 431 g/mol. The summed E-state index contributed by atoms with van der Waals surface area (Å²) in [5.41, 5.74) is 4.31. The van der Waals surface area contributed by atoms with Crippen LogP contribution < -0.4 is 10.5 Å². The van der Waals surface area contributed by atoms with E-state index in [1.165, 1.54) is 18.2 Å². The SMILES string of the molecule is CC(C)(C)c1c(C(N)=O)ccc(Oc2cc(F)c(Br)cc2Cl)c1[N+](=O)[O-]. The normalized spacial score (nSPS) is 11.3. The van der Waals surface area contributed by atoms with Gasteiger partial charge in [-0.1, -0.05) is 32.4 Å². The van der Waals surface area contributed by atoms with Crippen molar-refractivity contribution in [3.8, 4) is 11.5 Å². The van der Waals surface area contributed by atoms with Crippen molar-refractivity contribution in [1.29, 1.82) is 0 Å². The van der Waals surface area contributed by atoms with Crippen molar-refractivity contribution < 1.29 is 18.8 Å². The molecule has 0 atom stereocenters. The first-order valence-electron chi connectivity index (χ1n) is 7.37. The zero-order valence-corrected chi connectivity index (χ0v) is 16.4. The van der Waals surface area contributed by atoms with Crippen molar-refractivity contribution in [2.75, 3.05) is 0 Å². The van der Waals surface area contributed by atoms with Gasteiger partial charge in [-0.2, -0.15) is 0 Å². The summed E-state index contributed by atoms with van der Waals surface area (Å²) in [6.45, 7) is 5.12. The fourth-order valence-electron chi connectivity index (χ4n) is 2.50. The number of nitro benzene ring substituents is 1. The Morgan fingerprint density at radius 3 is 2.42 bits per heavy atom. The summed E-state index contributed by atoms with van der Waals surface area (Å²) in [6, 6.07) is 4.87. The van der Waals surface area contributed by atoms with Gasteiger partial charge in [0.05, 0.1) is 20.0 Å². The average Bonchev–Trinajstić information content (AvgIpc) is 2.50. The fourth-order valence-corrected chi connectivity index (χ4v) is 3.18. The van der Waals surface area contributed by atoms with E-state index in [0.29, 0.717) is 0 Å². The van der Waals surface area contributed by atoms with Crippen molar-refractivity contribution in [1.82, 2.24) is 0 Å². The number of hydrogen-bond acceptors (Lipinski definition) is 4. The molecule has 0 fully saturated rings. The van der Waals surface area contributed by atoms with Gasteiger partial charge in [-0.3, -0.25) is 14.9 Å². The summed E-state index contributed by atoms with van der Waals surface area (Å²) in [5, 5.41) is 11.8. The van der Waals surface area contributed by atoms with Crippen molar-refractivity contribution in [3.05, 3.63) is 60.8 Å². The Bertz CT molecular complexity index is 913. The van der Waals surface area contributed by atoms with Crippen molar-refractivity contribution >= 4 is 39.1 Å². The van der Waals surface area contributed by atoms with Crippen LogP contribution in [0.1, 0.15) is 36.7 Å². The maximum atomic E-state index is 13.8. The van der Waals surface area contributed by atoms with E-state index in [1.807, 2.05) is 0 Å². The summed E-state index contributed by atoms with van der Waals surface area (Å²) in [7, 11) is 0. The monoisotopic (exact) mass is 444 g/mol. The Hall–Kier alpha value is -2.19. The number of carbonyl (C=O) groups excluding carboxylic acids is 1.